The van der Waals surface area contributed by atoms with Crippen LogP contribution in [0.25, 0.3) is 0 Å². The second-order valence-electron chi connectivity index (χ2n) is 6.10. The molecule has 0 aromatic heterocycles. The Kier molecular flexibility index (Phi) is 6.17. The summed E-state index contributed by atoms with van der Waals surface area (Å²) in [4.78, 5) is 22.9. The molecular formula is C14H25NO3S. The van der Waals surface area contributed by atoms with E-state index in [9.17, 15) is 9.59 Å². The smallest absolute Gasteiger partial charge is 0.407 e. The molecule has 1 aliphatic rings. The predicted molar refractivity (Wildman–Crippen MR) is 78.3 cm³/mol. The first-order valence-electron chi connectivity index (χ1n) is 6.91. The van der Waals surface area contributed by atoms with E-state index in [1.807, 2.05) is 20.8 Å². The van der Waals surface area contributed by atoms with Crippen LogP contribution in [-0.4, -0.2) is 28.6 Å². The number of hydrogen-bond acceptors (Lipinski definition) is 4. The third kappa shape index (κ3) is 6.85. The van der Waals surface area contributed by atoms with Crippen molar-refractivity contribution in [3.8, 4) is 0 Å². The van der Waals surface area contributed by atoms with E-state index in [1.54, 1.807) is 6.92 Å². The number of rotatable bonds is 3. The quantitative estimate of drug-likeness (QED) is 0.865. The molecule has 5 heteroatoms. The minimum atomic E-state index is -0.470. The van der Waals surface area contributed by atoms with Crippen molar-refractivity contribution in [1.82, 2.24) is 5.32 Å². The third-order valence-corrected chi connectivity index (χ3v) is 4.11. The fourth-order valence-corrected chi connectivity index (χ4v) is 3.13. The van der Waals surface area contributed by atoms with Gasteiger partial charge in [-0.15, -0.1) is 0 Å². The molecule has 0 radical (unpaired) electrons. The second kappa shape index (κ2) is 7.17. The van der Waals surface area contributed by atoms with E-state index in [2.05, 4.69) is 5.32 Å². The highest BCUT2D eigenvalue weighted by Gasteiger charge is 2.28. The first kappa shape index (κ1) is 16.3. The maximum Gasteiger partial charge on any atom is 0.407 e. The van der Waals surface area contributed by atoms with E-state index < -0.39 is 5.60 Å². The van der Waals surface area contributed by atoms with Crippen molar-refractivity contribution in [3.05, 3.63) is 0 Å². The van der Waals surface area contributed by atoms with Crippen LogP contribution in [0.3, 0.4) is 0 Å². The number of alkyl carbamates (subject to hydrolysis) is 1. The summed E-state index contributed by atoms with van der Waals surface area (Å²) in [6.07, 6.45) is 4.00. The van der Waals surface area contributed by atoms with Crippen LogP contribution in [0.4, 0.5) is 4.79 Å². The lowest BCUT2D eigenvalue weighted by Crippen LogP contribution is -2.45. The lowest BCUT2D eigenvalue weighted by molar-refractivity contribution is -0.109. The number of carbonyl (C=O) groups is 2. The Morgan fingerprint density at radius 1 is 1.26 bits per heavy atom. The Bertz CT molecular complexity index is 325. The summed E-state index contributed by atoms with van der Waals surface area (Å²) < 4.78 is 5.29. The van der Waals surface area contributed by atoms with Gasteiger partial charge in [-0.2, -0.15) is 0 Å². The molecule has 0 saturated heterocycles. The zero-order valence-corrected chi connectivity index (χ0v) is 13.1. The largest absolute Gasteiger partial charge is 0.444 e. The summed E-state index contributed by atoms with van der Waals surface area (Å²) in [6.45, 7) is 7.16. The average molecular weight is 287 g/mol. The van der Waals surface area contributed by atoms with Gasteiger partial charge in [0.15, 0.2) is 5.12 Å². The highest BCUT2D eigenvalue weighted by molar-refractivity contribution is 8.13. The Morgan fingerprint density at radius 3 is 2.47 bits per heavy atom. The third-order valence-electron chi connectivity index (χ3n) is 3.11. The molecule has 2 atom stereocenters. The highest BCUT2D eigenvalue weighted by atomic mass is 32.2. The second-order valence-corrected chi connectivity index (χ2v) is 7.30. The number of ether oxygens (including phenoxy) is 1. The molecule has 0 aromatic rings. The van der Waals surface area contributed by atoms with E-state index in [1.165, 1.54) is 18.2 Å². The lowest BCUT2D eigenvalue weighted by atomic mass is 9.86. The van der Waals surface area contributed by atoms with E-state index in [0.29, 0.717) is 5.92 Å². The van der Waals surface area contributed by atoms with Gasteiger partial charge in [0.2, 0.25) is 0 Å². The van der Waals surface area contributed by atoms with Crippen molar-refractivity contribution in [1.29, 1.82) is 0 Å². The zero-order valence-electron chi connectivity index (χ0n) is 12.3. The van der Waals surface area contributed by atoms with Crippen molar-refractivity contribution in [2.24, 2.45) is 5.92 Å². The van der Waals surface area contributed by atoms with Crippen LogP contribution in [0.1, 0.15) is 53.4 Å². The molecule has 1 rings (SSSR count). The standard InChI is InChI=1S/C14H25NO3S/c1-10(16)19-9-11-7-5-6-8-12(11)15-13(17)18-14(2,3)4/h11-12H,5-9H2,1-4H3,(H,15,17)/t11-,12-/m0/s1. The number of amides is 1. The van der Waals surface area contributed by atoms with Gasteiger partial charge in [0.25, 0.3) is 0 Å². The summed E-state index contributed by atoms with van der Waals surface area (Å²) >= 11 is 1.35. The van der Waals surface area contributed by atoms with Gasteiger partial charge in [-0.3, -0.25) is 4.79 Å². The minimum Gasteiger partial charge on any atom is -0.444 e. The highest BCUT2D eigenvalue weighted by Crippen LogP contribution is 2.28. The Hall–Kier alpha value is -0.710. The number of nitrogens with one attached hydrogen (secondary N) is 1. The molecule has 19 heavy (non-hydrogen) atoms. The first-order valence-corrected chi connectivity index (χ1v) is 7.89. The summed E-state index contributed by atoms with van der Waals surface area (Å²) in [5.74, 6) is 1.16. The van der Waals surface area contributed by atoms with Crippen LogP contribution < -0.4 is 5.32 Å². The number of hydrogen-bond donors (Lipinski definition) is 1. The summed E-state index contributed by atoms with van der Waals surface area (Å²) in [5, 5.41) is 3.10. The molecule has 0 spiro atoms. The van der Waals surface area contributed by atoms with E-state index >= 15 is 0 Å². The molecule has 110 valence electrons. The van der Waals surface area contributed by atoms with Gasteiger partial charge >= 0.3 is 6.09 Å². The van der Waals surface area contributed by atoms with Crippen molar-refractivity contribution in [3.63, 3.8) is 0 Å². The molecule has 1 saturated carbocycles. The van der Waals surface area contributed by atoms with E-state index in [0.717, 1.165) is 25.0 Å². The van der Waals surface area contributed by atoms with Crippen molar-refractivity contribution in [2.75, 3.05) is 5.75 Å². The lowest BCUT2D eigenvalue weighted by Gasteiger charge is -2.32. The summed E-state index contributed by atoms with van der Waals surface area (Å²) in [5.41, 5.74) is -0.470. The fourth-order valence-electron chi connectivity index (χ4n) is 2.28. The van der Waals surface area contributed by atoms with Crippen LogP contribution >= 0.6 is 11.8 Å². The predicted octanol–water partition coefficient (Wildman–Crippen LogP) is 3.35. The van der Waals surface area contributed by atoms with Gasteiger partial charge in [-0.25, -0.2) is 4.79 Å². The van der Waals surface area contributed by atoms with Crippen molar-refractivity contribution < 1.29 is 14.3 Å². The van der Waals surface area contributed by atoms with E-state index in [4.69, 9.17) is 4.74 Å². The number of carbonyl (C=O) groups excluding carboxylic acids is 2. The molecule has 0 unspecified atom stereocenters. The molecule has 1 amide bonds. The molecule has 0 aromatic carbocycles. The van der Waals surface area contributed by atoms with Crippen LogP contribution in [-0.2, 0) is 9.53 Å². The maximum atomic E-state index is 11.8. The Morgan fingerprint density at radius 2 is 1.89 bits per heavy atom. The molecule has 0 aliphatic heterocycles. The van der Waals surface area contributed by atoms with Gasteiger partial charge in [0, 0.05) is 18.7 Å². The maximum absolute atomic E-state index is 11.8. The van der Waals surface area contributed by atoms with Crippen LogP contribution in [0, 0.1) is 5.92 Å². The SMILES string of the molecule is CC(=O)SC[C@@H]1CCCC[C@@H]1NC(=O)OC(C)(C)C. The van der Waals surface area contributed by atoms with Gasteiger partial charge in [0.1, 0.15) is 5.60 Å². The monoisotopic (exact) mass is 287 g/mol. The minimum absolute atomic E-state index is 0.135. The van der Waals surface area contributed by atoms with Crippen LogP contribution in [0.15, 0.2) is 0 Å². The van der Waals surface area contributed by atoms with Crippen LogP contribution in [0.2, 0.25) is 0 Å². The Labute approximate surface area is 120 Å². The number of thioether (sulfide) groups is 1. The molecule has 0 heterocycles. The van der Waals surface area contributed by atoms with Crippen molar-refractivity contribution in [2.45, 2.75) is 65.0 Å². The first-order chi connectivity index (χ1) is 8.78. The van der Waals surface area contributed by atoms with Gasteiger partial charge in [-0.1, -0.05) is 24.6 Å². The van der Waals surface area contributed by atoms with Gasteiger partial charge < -0.3 is 10.1 Å². The topological polar surface area (TPSA) is 55.4 Å². The normalized spacial score (nSPS) is 23.8. The van der Waals surface area contributed by atoms with Gasteiger partial charge in [0.05, 0.1) is 0 Å². The summed E-state index contributed by atoms with van der Waals surface area (Å²) in [7, 11) is 0. The average Bonchev–Trinajstić information content (AvgIpc) is 2.25. The molecule has 4 nitrogen and oxygen atoms in total. The molecular weight excluding hydrogens is 262 g/mol. The zero-order chi connectivity index (χ0) is 14.5. The van der Waals surface area contributed by atoms with E-state index in [-0.39, 0.29) is 17.3 Å². The summed E-state index contributed by atoms with van der Waals surface area (Å²) in [6, 6.07) is 0.135. The van der Waals surface area contributed by atoms with Crippen molar-refractivity contribution >= 4 is 23.0 Å². The molecule has 1 fully saturated rings. The fraction of sp³-hybridized carbons (Fsp3) is 0.857. The molecule has 0 bridgehead atoms. The molecule has 1 N–H and O–H groups in total. The Balaban J connectivity index is 2.47. The van der Waals surface area contributed by atoms with Crippen LogP contribution in [0.5, 0.6) is 0 Å². The molecule has 1 aliphatic carbocycles. The van der Waals surface area contributed by atoms with Gasteiger partial charge in [-0.05, 0) is 39.5 Å².